The van der Waals surface area contributed by atoms with E-state index in [-0.39, 0.29) is 5.91 Å². The zero-order valence-electron chi connectivity index (χ0n) is 20.6. The van der Waals surface area contributed by atoms with Gasteiger partial charge in [-0.05, 0) is 92.3 Å². The Labute approximate surface area is 210 Å². The van der Waals surface area contributed by atoms with Gasteiger partial charge in [0.25, 0.3) is 5.91 Å². The molecule has 0 unspecified atom stereocenters. The lowest BCUT2D eigenvalue weighted by atomic mass is 9.94. The lowest BCUT2D eigenvalue weighted by molar-refractivity contribution is -0.152. The van der Waals surface area contributed by atoms with Gasteiger partial charge in [-0.25, -0.2) is 4.79 Å². The van der Waals surface area contributed by atoms with Crippen molar-refractivity contribution in [1.82, 2.24) is 5.32 Å². The maximum Gasteiger partial charge on any atom is 0.347 e. The molecule has 0 aliphatic heterocycles. The molecule has 7 heteroatoms. The topological polar surface area (TPSA) is 84.9 Å². The van der Waals surface area contributed by atoms with Gasteiger partial charge in [-0.15, -0.1) is 0 Å². The number of halogens is 1. The Morgan fingerprint density at radius 3 is 2.20 bits per heavy atom. The minimum absolute atomic E-state index is 0.236. The van der Waals surface area contributed by atoms with Crippen molar-refractivity contribution in [2.75, 3.05) is 13.7 Å². The molecule has 0 aliphatic rings. The average molecular weight is 496 g/mol. The van der Waals surface area contributed by atoms with Crippen LogP contribution in [0.15, 0.2) is 54.6 Å². The lowest BCUT2D eigenvalue weighted by Crippen LogP contribution is -2.37. The van der Waals surface area contributed by atoms with Crippen molar-refractivity contribution in [2.24, 2.45) is 0 Å². The van der Waals surface area contributed by atoms with Crippen LogP contribution < -0.4 is 14.8 Å². The molecule has 0 aliphatic carbocycles. The first kappa shape index (κ1) is 26.1. The van der Waals surface area contributed by atoms with Gasteiger partial charge in [0.05, 0.1) is 12.7 Å². The van der Waals surface area contributed by atoms with Crippen molar-refractivity contribution >= 4 is 23.5 Å². The Morgan fingerprint density at radius 2 is 1.63 bits per heavy atom. The molecule has 0 heterocycles. The number of carboxylic acids is 1. The molecule has 2 N–H and O–H groups in total. The number of amides is 1. The van der Waals surface area contributed by atoms with Crippen LogP contribution in [0.3, 0.4) is 0 Å². The number of benzene rings is 3. The highest BCUT2D eigenvalue weighted by Crippen LogP contribution is 2.32. The number of carbonyl (C=O) groups excluding carboxylic acids is 1. The molecule has 0 bridgehead atoms. The number of aliphatic carboxylic acids is 1. The molecule has 3 aromatic rings. The summed E-state index contributed by atoms with van der Waals surface area (Å²) in [5.41, 5.74) is 4.31. The van der Waals surface area contributed by atoms with E-state index in [4.69, 9.17) is 21.1 Å². The molecule has 0 fully saturated rings. The SMILES string of the molecule is COc1ccc(Cl)cc1C(=O)NCCc1ccc(-c2c(C)cc(OC(C)(C)C(=O)O)cc2C)cc1. The zero-order chi connectivity index (χ0) is 25.8. The summed E-state index contributed by atoms with van der Waals surface area (Å²) in [6.45, 7) is 7.49. The minimum Gasteiger partial charge on any atom is -0.496 e. The predicted molar refractivity (Wildman–Crippen MR) is 138 cm³/mol. The summed E-state index contributed by atoms with van der Waals surface area (Å²) in [7, 11) is 1.52. The third kappa shape index (κ3) is 6.34. The highest BCUT2D eigenvalue weighted by molar-refractivity contribution is 6.31. The van der Waals surface area contributed by atoms with Gasteiger partial charge in [0.1, 0.15) is 11.5 Å². The molecule has 1 amide bonds. The normalized spacial score (nSPS) is 11.1. The number of carboxylic acid groups (broad SMARTS) is 1. The Bertz CT molecular complexity index is 1210. The molecule has 0 spiro atoms. The summed E-state index contributed by atoms with van der Waals surface area (Å²) in [6.07, 6.45) is 0.671. The van der Waals surface area contributed by atoms with Crippen LogP contribution in [0.1, 0.15) is 40.9 Å². The van der Waals surface area contributed by atoms with Crippen LogP contribution in [0, 0.1) is 13.8 Å². The summed E-state index contributed by atoms with van der Waals surface area (Å²) in [5.74, 6) is -0.249. The highest BCUT2D eigenvalue weighted by Gasteiger charge is 2.29. The van der Waals surface area contributed by atoms with E-state index in [0.717, 1.165) is 27.8 Å². The predicted octanol–water partition coefficient (Wildman–Crippen LogP) is 5.85. The minimum atomic E-state index is -1.31. The third-order valence-corrected chi connectivity index (χ3v) is 5.98. The van der Waals surface area contributed by atoms with Crippen molar-refractivity contribution in [2.45, 2.75) is 39.7 Å². The van der Waals surface area contributed by atoms with E-state index in [1.54, 1.807) is 18.2 Å². The largest absolute Gasteiger partial charge is 0.496 e. The number of nitrogens with one attached hydrogen (secondary N) is 1. The van der Waals surface area contributed by atoms with Crippen LogP contribution in [-0.4, -0.2) is 36.2 Å². The summed E-state index contributed by atoms with van der Waals surface area (Å²) >= 11 is 6.02. The van der Waals surface area contributed by atoms with Gasteiger partial charge in [-0.1, -0.05) is 35.9 Å². The number of rotatable bonds is 9. The molecule has 0 saturated heterocycles. The quantitative estimate of drug-likeness (QED) is 0.389. The molecule has 0 atom stereocenters. The van der Waals surface area contributed by atoms with Crippen molar-refractivity contribution in [3.8, 4) is 22.6 Å². The first-order valence-corrected chi connectivity index (χ1v) is 11.6. The standard InChI is InChI=1S/C28H30ClNO5/c1-17-14-22(35-28(3,4)27(32)33)15-18(2)25(17)20-8-6-19(7-9-20)12-13-30-26(31)23-16-21(29)10-11-24(23)34-5/h6-11,14-16H,12-13H2,1-5H3,(H,30,31)(H,32,33). The lowest BCUT2D eigenvalue weighted by Gasteiger charge is -2.23. The van der Waals surface area contributed by atoms with Gasteiger partial charge in [-0.2, -0.15) is 0 Å². The monoisotopic (exact) mass is 495 g/mol. The maximum absolute atomic E-state index is 12.5. The van der Waals surface area contributed by atoms with Gasteiger partial charge in [-0.3, -0.25) is 4.79 Å². The van der Waals surface area contributed by atoms with Gasteiger partial charge in [0.2, 0.25) is 0 Å². The highest BCUT2D eigenvalue weighted by atomic mass is 35.5. The van der Waals surface area contributed by atoms with E-state index in [0.29, 0.717) is 35.1 Å². The molecule has 184 valence electrons. The van der Waals surface area contributed by atoms with Crippen LogP contribution in [0.25, 0.3) is 11.1 Å². The Kier molecular flexibility index (Phi) is 8.07. The Hall–Kier alpha value is -3.51. The van der Waals surface area contributed by atoms with Crippen LogP contribution in [-0.2, 0) is 11.2 Å². The summed E-state index contributed by atoms with van der Waals surface area (Å²) in [6, 6.07) is 16.8. The van der Waals surface area contributed by atoms with E-state index in [2.05, 4.69) is 5.32 Å². The molecule has 3 aromatic carbocycles. The van der Waals surface area contributed by atoms with Crippen LogP contribution >= 0.6 is 11.6 Å². The zero-order valence-corrected chi connectivity index (χ0v) is 21.3. The third-order valence-electron chi connectivity index (χ3n) is 5.74. The van der Waals surface area contributed by atoms with E-state index >= 15 is 0 Å². The van der Waals surface area contributed by atoms with Gasteiger partial charge in [0, 0.05) is 11.6 Å². The maximum atomic E-state index is 12.5. The number of hydrogen-bond acceptors (Lipinski definition) is 4. The van der Waals surface area contributed by atoms with E-state index < -0.39 is 11.6 Å². The van der Waals surface area contributed by atoms with E-state index in [1.807, 2.05) is 50.2 Å². The van der Waals surface area contributed by atoms with Crippen molar-refractivity contribution in [3.63, 3.8) is 0 Å². The Morgan fingerprint density at radius 1 is 1.00 bits per heavy atom. The second kappa shape index (κ2) is 10.8. The molecule has 35 heavy (non-hydrogen) atoms. The molecule has 0 radical (unpaired) electrons. The fourth-order valence-electron chi connectivity index (χ4n) is 3.89. The molecular formula is C28H30ClNO5. The van der Waals surface area contributed by atoms with Gasteiger partial charge < -0.3 is 19.9 Å². The number of methoxy groups -OCH3 is 1. The van der Waals surface area contributed by atoms with Gasteiger partial charge >= 0.3 is 5.97 Å². The second-order valence-corrected chi connectivity index (χ2v) is 9.33. The number of ether oxygens (including phenoxy) is 2. The van der Waals surface area contributed by atoms with Crippen molar-refractivity contribution in [3.05, 3.63) is 81.9 Å². The first-order chi connectivity index (χ1) is 16.5. The molecule has 0 saturated carbocycles. The van der Waals surface area contributed by atoms with E-state index in [9.17, 15) is 14.7 Å². The van der Waals surface area contributed by atoms with Crippen molar-refractivity contribution < 1.29 is 24.2 Å². The fourth-order valence-corrected chi connectivity index (χ4v) is 4.06. The number of hydrogen-bond donors (Lipinski definition) is 2. The molecule has 3 rings (SSSR count). The number of carbonyl (C=O) groups is 2. The van der Waals surface area contributed by atoms with Gasteiger partial charge in [0.15, 0.2) is 5.60 Å². The van der Waals surface area contributed by atoms with Crippen LogP contribution in [0.5, 0.6) is 11.5 Å². The smallest absolute Gasteiger partial charge is 0.347 e. The first-order valence-electron chi connectivity index (χ1n) is 11.3. The molecule has 6 nitrogen and oxygen atoms in total. The number of aryl methyl sites for hydroxylation is 2. The van der Waals surface area contributed by atoms with Crippen LogP contribution in [0.2, 0.25) is 5.02 Å². The molecule has 0 aromatic heterocycles. The van der Waals surface area contributed by atoms with Crippen molar-refractivity contribution in [1.29, 1.82) is 0 Å². The fraction of sp³-hybridized carbons (Fsp3) is 0.286. The van der Waals surface area contributed by atoms with Crippen LogP contribution in [0.4, 0.5) is 0 Å². The second-order valence-electron chi connectivity index (χ2n) is 8.90. The summed E-state index contributed by atoms with van der Waals surface area (Å²) in [5, 5.41) is 12.7. The summed E-state index contributed by atoms with van der Waals surface area (Å²) in [4.78, 5) is 23.9. The summed E-state index contributed by atoms with van der Waals surface area (Å²) < 4.78 is 11.0. The Balaban J connectivity index is 1.67. The average Bonchev–Trinajstić information content (AvgIpc) is 2.79. The van der Waals surface area contributed by atoms with E-state index in [1.165, 1.54) is 21.0 Å². The molecular weight excluding hydrogens is 466 g/mol.